The summed E-state index contributed by atoms with van der Waals surface area (Å²) >= 11 is 0. The van der Waals surface area contributed by atoms with Crippen molar-refractivity contribution in [2.45, 2.75) is 39.2 Å². The molecule has 0 aromatic heterocycles. The number of carbonyl (C=O) groups is 1. The van der Waals surface area contributed by atoms with Crippen LogP contribution in [0, 0.1) is 17.0 Å². The van der Waals surface area contributed by atoms with Gasteiger partial charge < -0.3 is 9.84 Å². The van der Waals surface area contributed by atoms with Crippen molar-refractivity contribution in [1.29, 1.82) is 0 Å². The number of carboxylic acid groups (broad SMARTS) is 1. The smallest absolute Gasteiger partial charge is 0.344 e. The number of hydrogen-bond acceptors (Lipinski definition) is 4. The first kappa shape index (κ1) is 14.9. The number of nitro groups is 1. The Hall–Kier alpha value is -2.11. The van der Waals surface area contributed by atoms with Gasteiger partial charge in [0.05, 0.1) is 10.5 Å². The van der Waals surface area contributed by atoms with Gasteiger partial charge in [0.15, 0.2) is 6.10 Å². The molecule has 104 valence electrons. The van der Waals surface area contributed by atoms with E-state index in [2.05, 4.69) is 0 Å². The van der Waals surface area contributed by atoms with Crippen molar-refractivity contribution >= 4 is 11.7 Å². The highest BCUT2D eigenvalue weighted by molar-refractivity contribution is 5.72. The van der Waals surface area contributed by atoms with Crippen molar-refractivity contribution in [1.82, 2.24) is 0 Å². The third-order valence-electron chi connectivity index (χ3n) is 2.82. The monoisotopic (exact) mass is 267 g/mol. The van der Waals surface area contributed by atoms with Gasteiger partial charge in [-0.15, -0.1) is 0 Å². The van der Waals surface area contributed by atoms with Crippen LogP contribution < -0.4 is 4.74 Å². The highest BCUT2D eigenvalue weighted by Crippen LogP contribution is 2.28. The van der Waals surface area contributed by atoms with Crippen LogP contribution in [0.5, 0.6) is 5.75 Å². The number of carboxylic acids is 1. The zero-order chi connectivity index (χ0) is 14.4. The molecule has 19 heavy (non-hydrogen) atoms. The molecule has 0 bridgehead atoms. The molecule has 1 rings (SSSR count). The minimum absolute atomic E-state index is 0.0721. The molecular formula is C13H17NO5. The summed E-state index contributed by atoms with van der Waals surface area (Å²) in [7, 11) is 0. The summed E-state index contributed by atoms with van der Waals surface area (Å²) in [6, 6.07) is 4.40. The Labute approximate surface area is 111 Å². The number of nitrogens with zero attached hydrogens (tertiary/aromatic N) is 1. The minimum Gasteiger partial charge on any atom is -0.479 e. The van der Waals surface area contributed by atoms with Crippen LogP contribution in [-0.4, -0.2) is 22.1 Å². The van der Waals surface area contributed by atoms with Crippen LogP contribution in [0.1, 0.15) is 31.7 Å². The van der Waals surface area contributed by atoms with E-state index in [1.807, 2.05) is 6.92 Å². The minimum atomic E-state index is -1.06. The predicted molar refractivity (Wildman–Crippen MR) is 69.4 cm³/mol. The summed E-state index contributed by atoms with van der Waals surface area (Å²) in [6.45, 7) is 3.50. The lowest BCUT2D eigenvalue weighted by Gasteiger charge is -2.16. The molecule has 0 aliphatic carbocycles. The molecule has 1 unspecified atom stereocenters. The molecule has 0 radical (unpaired) electrons. The van der Waals surface area contributed by atoms with Gasteiger partial charge in [0, 0.05) is 6.07 Å². The number of hydrogen-bond donors (Lipinski definition) is 1. The summed E-state index contributed by atoms with van der Waals surface area (Å²) < 4.78 is 5.40. The largest absolute Gasteiger partial charge is 0.479 e. The summed E-state index contributed by atoms with van der Waals surface area (Å²) in [5.74, 6) is -0.808. The molecule has 1 N–H and O–H groups in total. The van der Waals surface area contributed by atoms with Crippen molar-refractivity contribution in [3.05, 3.63) is 33.9 Å². The zero-order valence-electron chi connectivity index (χ0n) is 11.0. The Balaban J connectivity index is 2.93. The Kier molecular flexibility index (Phi) is 5.29. The Morgan fingerprint density at radius 3 is 2.74 bits per heavy atom. The molecule has 1 atom stereocenters. The fraction of sp³-hybridized carbons (Fsp3) is 0.462. The van der Waals surface area contributed by atoms with Crippen LogP contribution >= 0.6 is 0 Å². The fourth-order valence-corrected chi connectivity index (χ4v) is 1.70. The standard InChI is InChI=1S/C13H17NO5/c1-3-4-7-12(13(15)16)19-11-8-5-6-10(9(11)2)14(17)18/h5-6,8,12H,3-4,7H2,1-2H3,(H,15,16). The first-order valence-corrected chi connectivity index (χ1v) is 6.10. The van der Waals surface area contributed by atoms with Crippen molar-refractivity contribution in [2.75, 3.05) is 0 Å². The van der Waals surface area contributed by atoms with E-state index in [4.69, 9.17) is 9.84 Å². The molecular weight excluding hydrogens is 250 g/mol. The van der Waals surface area contributed by atoms with Crippen molar-refractivity contribution in [3.63, 3.8) is 0 Å². The third-order valence-corrected chi connectivity index (χ3v) is 2.82. The molecule has 1 aromatic carbocycles. The average Bonchev–Trinajstić information content (AvgIpc) is 2.35. The molecule has 6 nitrogen and oxygen atoms in total. The van der Waals surface area contributed by atoms with Crippen LogP contribution in [0.4, 0.5) is 5.69 Å². The maximum atomic E-state index is 11.1. The van der Waals surface area contributed by atoms with E-state index in [9.17, 15) is 14.9 Å². The van der Waals surface area contributed by atoms with Crippen LogP contribution in [0.15, 0.2) is 18.2 Å². The average molecular weight is 267 g/mol. The third kappa shape index (κ3) is 3.94. The van der Waals surface area contributed by atoms with Crippen molar-refractivity contribution in [3.8, 4) is 5.75 Å². The van der Waals surface area contributed by atoms with Crippen molar-refractivity contribution < 1.29 is 19.6 Å². The topological polar surface area (TPSA) is 89.7 Å². The number of ether oxygens (including phenoxy) is 1. The summed E-state index contributed by atoms with van der Waals surface area (Å²) in [5.41, 5.74) is 0.271. The van der Waals surface area contributed by atoms with Gasteiger partial charge in [-0.2, -0.15) is 0 Å². The van der Waals surface area contributed by atoms with Gasteiger partial charge in [-0.25, -0.2) is 4.79 Å². The van der Waals surface area contributed by atoms with Gasteiger partial charge in [0.2, 0.25) is 0 Å². The van der Waals surface area contributed by atoms with Gasteiger partial charge in [0.1, 0.15) is 5.75 Å². The van der Waals surface area contributed by atoms with Crippen LogP contribution in [-0.2, 0) is 4.79 Å². The van der Waals surface area contributed by atoms with E-state index < -0.39 is 17.0 Å². The number of rotatable bonds is 7. The quantitative estimate of drug-likeness (QED) is 0.606. The van der Waals surface area contributed by atoms with Gasteiger partial charge in [-0.05, 0) is 25.8 Å². The highest BCUT2D eigenvalue weighted by Gasteiger charge is 2.22. The van der Waals surface area contributed by atoms with E-state index in [1.165, 1.54) is 12.1 Å². The first-order valence-electron chi connectivity index (χ1n) is 6.10. The fourth-order valence-electron chi connectivity index (χ4n) is 1.70. The predicted octanol–water partition coefficient (Wildman–Crippen LogP) is 2.93. The molecule has 0 fully saturated rings. The molecule has 6 heteroatoms. The molecule has 0 heterocycles. The second-order valence-electron chi connectivity index (χ2n) is 4.24. The van der Waals surface area contributed by atoms with E-state index in [0.717, 1.165) is 12.8 Å². The number of unbranched alkanes of at least 4 members (excludes halogenated alkanes) is 1. The van der Waals surface area contributed by atoms with E-state index in [1.54, 1.807) is 13.0 Å². The lowest BCUT2D eigenvalue weighted by Crippen LogP contribution is -2.27. The molecule has 0 aliphatic heterocycles. The van der Waals surface area contributed by atoms with Gasteiger partial charge in [-0.3, -0.25) is 10.1 Å². The second-order valence-corrected chi connectivity index (χ2v) is 4.24. The van der Waals surface area contributed by atoms with Gasteiger partial charge >= 0.3 is 5.97 Å². The van der Waals surface area contributed by atoms with E-state index >= 15 is 0 Å². The lowest BCUT2D eigenvalue weighted by molar-refractivity contribution is -0.385. The molecule has 0 saturated carbocycles. The lowest BCUT2D eigenvalue weighted by atomic mass is 10.1. The maximum absolute atomic E-state index is 11.1. The van der Waals surface area contributed by atoms with Crippen LogP contribution in [0.2, 0.25) is 0 Å². The van der Waals surface area contributed by atoms with E-state index in [0.29, 0.717) is 12.0 Å². The molecule has 0 aliphatic rings. The van der Waals surface area contributed by atoms with E-state index in [-0.39, 0.29) is 11.4 Å². The second kappa shape index (κ2) is 6.72. The van der Waals surface area contributed by atoms with Crippen LogP contribution in [0.3, 0.4) is 0 Å². The van der Waals surface area contributed by atoms with Crippen LogP contribution in [0.25, 0.3) is 0 Å². The number of aliphatic carboxylic acids is 1. The number of nitro benzene ring substituents is 1. The molecule has 0 saturated heterocycles. The number of benzene rings is 1. The maximum Gasteiger partial charge on any atom is 0.344 e. The highest BCUT2D eigenvalue weighted by atomic mass is 16.6. The zero-order valence-corrected chi connectivity index (χ0v) is 11.0. The first-order chi connectivity index (χ1) is 8.97. The Morgan fingerprint density at radius 2 is 2.21 bits per heavy atom. The van der Waals surface area contributed by atoms with Crippen molar-refractivity contribution in [2.24, 2.45) is 0 Å². The summed E-state index contributed by atoms with van der Waals surface area (Å²) in [6.07, 6.45) is 1.00. The van der Waals surface area contributed by atoms with Gasteiger partial charge in [-0.1, -0.05) is 19.4 Å². The molecule has 0 spiro atoms. The molecule has 1 aromatic rings. The van der Waals surface area contributed by atoms with Gasteiger partial charge in [0.25, 0.3) is 5.69 Å². The Bertz CT molecular complexity index is 472. The summed E-state index contributed by atoms with van der Waals surface area (Å²) in [4.78, 5) is 21.4. The Morgan fingerprint density at radius 1 is 1.53 bits per heavy atom. The molecule has 0 amide bonds. The normalized spacial score (nSPS) is 11.9. The SMILES string of the molecule is CCCCC(Oc1cccc([N+](=O)[O-])c1C)C(=O)O. The summed E-state index contributed by atoms with van der Waals surface area (Å²) in [5, 5.41) is 19.9.